The van der Waals surface area contributed by atoms with Gasteiger partial charge in [0, 0.05) is 34.7 Å². The maximum absolute atomic E-state index is 8.32. The number of thiazole rings is 1. The molecule has 6 nitrogen and oxygen atoms in total. The summed E-state index contributed by atoms with van der Waals surface area (Å²) >= 11 is 1.65. The molecule has 0 atom stereocenters. The molecule has 102 valence electrons. The standard InChI is InChI=1S/C12H16N4O2S/c13-16-15-8-10-7-14-11(19-10)9-1-3-12(4-2-9)17-5-6-18-12/h7,9H,1-6,8H2. The third-order valence-electron chi connectivity index (χ3n) is 3.77. The van der Waals surface area contributed by atoms with Crippen molar-refractivity contribution in [2.24, 2.45) is 5.11 Å². The Kier molecular flexibility index (Phi) is 3.70. The van der Waals surface area contributed by atoms with Gasteiger partial charge >= 0.3 is 0 Å². The highest BCUT2D eigenvalue weighted by Gasteiger charge is 2.41. The molecule has 1 aliphatic heterocycles. The highest BCUT2D eigenvalue weighted by molar-refractivity contribution is 7.11. The van der Waals surface area contributed by atoms with Crippen LogP contribution in [0.2, 0.25) is 0 Å². The van der Waals surface area contributed by atoms with Crippen LogP contribution in [-0.4, -0.2) is 24.0 Å². The highest BCUT2D eigenvalue weighted by Crippen LogP contribution is 2.43. The molecule has 0 aromatic carbocycles. The van der Waals surface area contributed by atoms with Crippen LogP contribution in [0.3, 0.4) is 0 Å². The van der Waals surface area contributed by atoms with Crippen LogP contribution in [0.15, 0.2) is 11.3 Å². The number of rotatable bonds is 3. The van der Waals surface area contributed by atoms with Gasteiger partial charge in [-0.1, -0.05) is 5.11 Å². The average molecular weight is 280 g/mol. The third kappa shape index (κ3) is 2.74. The Bertz CT molecular complexity index is 482. The van der Waals surface area contributed by atoms with E-state index in [1.807, 2.05) is 6.20 Å². The molecular formula is C12H16N4O2S. The van der Waals surface area contributed by atoms with Crippen LogP contribution in [0.5, 0.6) is 0 Å². The van der Waals surface area contributed by atoms with Crippen molar-refractivity contribution in [3.63, 3.8) is 0 Å². The van der Waals surface area contributed by atoms with Crippen molar-refractivity contribution in [3.05, 3.63) is 26.5 Å². The van der Waals surface area contributed by atoms with Crippen molar-refractivity contribution in [1.29, 1.82) is 0 Å². The van der Waals surface area contributed by atoms with Gasteiger partial charge in [-0.05, 0) is 18.4 Å². The molecule has 1 aromatic heterocycles. The van der Waals surface area contributed by atoms with E-state index in [0.29, 0.717) is 12.5 Å². The van der Waals surface area contributed by atoms with Crippen LogP contribution >= 0.6 is 11.3 Å². The van der Waals surface area contributed by atoms with E-state index in [2.05, 4.69) is 15.0 Å². The normalized spacial score (nSPS) is 22.5. The largest absolute Gasteiger partial charge is 0.348 e. The van der Waals surface area contributed by atoms with Crippen molar-refractivity contribution < 1.29 is 9.47 Å². The summed E-state index contributed by atoms with van der Waals surface area (Å²) < 4.78 is 11.5. The zero-order valence-corrected chi connectivity index (χ0v) is 11.4. The molecule has 2 fully saturated rings. The van der Waals surface area contributed by atoms with Gasteiger partial charge in [0.25, 0.3) is 0 Å². The maximum Gasteiger partial charge on any atom is 0.168 e. The molecule has 0 bridgehead atoms. The van der Waals surface area contributed by atoms with Crippen molar-refractivity contribution >= 4 is 11.3 Å². The van der Waals surface area contributed by atoms with E-state index in [1.165, 1.54) is 0 Å². The summed E-state index contributed by atoms with van der Waals surface area (Å²) in [7, 11) is 0. The van der Waals surface area contributed by atoms with Crippen LogP contribution in [0.25, 0.3) is 10.4 Å². The van der Waals surface area contributed by atoms with Gasteiger partial charge in [0.15, 0.2) is 5.79 Å². The fourth-order valence-electron chi connectivity index (χ4n) is 2.78. The second-order valence-electron chi connectivity index (χ2n) is 4.94. The van der Waals surface area contributed by atoms with E-state index in [4.69, 9.17) is 15.0 Å². The fourth-order valence-corrected chi connectivity index (χ4v) is 3.78. The number of hydrogen-bond donors (Lipinski definition) is 0. The molecule has 0 unspecified atom stereocenters. The number of nitrogens with zero attached hydrogens (tertiary/aromatic N) is 4. The number of ether oxygens (including phenoxy) is 2. The van der Waals surface area contributed by atoms with Gasteiger partial charge in [-0.25, -0.2) is 4.98 Å². The Morgan fingerprint density at radius 3 is 2.84 bits per heavy atom. The van der Waals surface area contributed by atoms with E-state index in [-0.39, 0.29) is 5.79 Å². The first-order chi connectivity index (χ1) is 9.31. The van der Waals surface area contributed by atoms with Crippen LogP contribution in [-0.2, 0) is 16.0 Å². The Morgan fingerprint density at radius 2 is 2.16 bits per heavy atom. The van der Waals surface area contributed by atoms with Crippen molar-refractivity contribution in [3.8, 4) is 0 Å². The fraction of sp³-hybridized carbons (Fsp3) is 0.750. The predicted molar refractivity (Wildman–Crippen MR) is 70.8 cm³/mol. The van der Waals surface area contributed by atoms with Gasteiger partial charge in [-0.3, -0.25) is 0 Å². The van der Waals surface area contributed by atoms with Gasteiger partial charge in [0.05, 0.1) is 24.8 Å². The third-order valence-corrected chi connectivity index (χ3v) is 4.92. The summed E-state index contributed by atoms with van der Waals surface area (Å²) in [6, 6.07) is 0. The van der Waals surface area contributed by atoms with Crippen molar-refractivity contribution in [2.75, 3.05) is 13.2 Å². The molecule has 1 spiro atoms. The molecule has 2 heterocycles. The second-order valence-corrected chi connectivity index (χ2v) is 6.08. The van der Waals surface area contributed by atoms with Gasteiger partial charge < -0.3 is 9.47 Å². The number of azide groups is 1. The summed E-state index contributed by atoms with van der Waals surface area (Å²) in [6.07, 6.45) is 5.82. The van der Waals surface area contributed by atoms with E-state index >= 15 is 0 Å². The Morgan fingerprint density at radius 1 is 1.42 bits per heavy atom. The molecule has 0 N–H and O–H groups in total. The zero-order chi connectivity index (χ0) is 13.1. The predicted octanol–water partition coefficient (Wildman–Crippen LogP) is 3.35. The summed E-state index contributed by atoms with van der Waals surface area (Å²) in [6.45, 7) is 1.84. The monoisotopic (exact) mass is 280 g/mol. The van der Waals surface area contributed by atoms with E-state index in [9.17, 15) is 0 Å². The average Bonchev–Trinajstić information content (AvgIpc) is 3.08. The van der Waals surface area contributed by atoms with Crippen molar-refractivity contribution in [2.45, 2.75) is 43.9 Å². The van der Waals surface area contributed by atoms with E-state index in [0.717, 1.165) is 48.8 Å². The summed E-state index contributed by atoms with van der Waals surface area (Å²) in [5.74, 6) is 0.185. The van der Waals surface area contributed by atoms with Gasteiger partial charge in [0.1, 0.15) is 0 Å². The molecule has 0 radical (unpaired) electrons. The van der Waals surface area contributed by atoms with Gasteiger partial charge in [0.2, 0.25) is 0 Å². The topological polar surface area (TPSA) is 80.1 Å². The van der Waals surface area contributed by atoms with Crippen LogP contribution in [0.1, 0.15) is 41.5 Å². The maximum atomic E-state index is 8.32. The SMILES string of the molecule is [N-]=[N+]=NCc1cnc(C2CCC3(CC2)OCCO3)s1. The molecule has 1 saturated heterocycles. The lowest BCUT2D eigenvalue weighted by Crippen LogP contribution is -2.34. The quantitative estimate of drug-likeness (QED) is 0.483. The summed E-state index contributed by atoms with van der Waals surface area (Å²) in [5, 5.41) is 4.72. The Hall–Kier alpha value is -1.14. The smallest absolute Gasteiger partial charge is 0.168 e. The molecule has 1 aromatic rings. The minimum atomic E-state index is -0.304. The number of aromatic nitrogens is 1. The Balaban J connectivity index is 1.61. The molecule has 19 heavy (non-hydrogen) atoms. The van der Waals surface area contributed by atoms with Crippen LogP contribution in [0, 0.1) is 0 Å². The first kappa shape index (κ1) is 12.9. The zero-order valence-electron chi connectivity index (χ0n) is 10.6. The molecule has 2 aliphatic rings. The molecule has 7 heteroatoms. The van der Waals surface area contributed by atoms with E-state index < -0.39 is 0 Å². The lowest BCUT2D eigenvalue weighted by Gasteiger charge is -2.34. The van der Waals surface area contributed by atoms with Gasteiger partial charge in [-0.2, -0.15) is 0 Å². The van der Waals surface area contributed by atoms with Crippen molar-refractivity contribution in [1.82, 2.24) is 4.98 Å². The lowest BCUT2D eigenvalue weighted by molar-refractivity contribution is -0.178. The molecule has 1 saturated carbocycles. The van der Waals surface area contributed by atoms with Crippen LogP contribution in [0.4, 0.5) is 0 Å². The molecule has 0 amide bonds. The number of hydrogen-bond acceptors (Lipinski definition) is 5. The van der Waals surface area contributed by atoms with Gasteiger partial charge in [-0.15, -0.1) is 11.3 Å². The second kappa shape index (κ2) is 5.46. The Labute approximate surface area is 115 Å². The van der Waals surface area contributed by atoms with Crippen LogP contribution < -0.4 is 0 Å². The van der Waals surface area contributed by atoms with E-state index in [1.54, 1.807) is 11.3 Å². The molecule has 1 aliphatic carbocycles. The first-order valence-electron chi connectivity index (χ1n) is 6.55. The summed E-state index contributed by atoms with van der Waals surface area (Å²) in [4.78, 5) is 8.26. The molecule has 3 rings (SSSR count). The summed E-state index contributed by atoms with van der Waals surface area (Å²) in [5.41, 5.74) is 8.32. The lowest BCUT2D eigenvalue weighted by atomic mass is 9.85. The first-order valence-corrected chi connectivity index (χ1v) is 7.36. The molecular weight excluding hydrogens is 264 g/mol. The highest BCUT2D eigenvalue weighted by atomic mass is 32.1. The minimum absolute atomic E-state index is 0.304. The minimum Gasteiger partial charge on any atom is -0.348 e.